The van der Waals surface area contributed by atoms with Crippen LogP contribution in [-0.2, 0) is 0 Å². The minimum Gasteiger partial charge on any atom is -0.363 e. The largest absolute Gasteiger partial charge is 0.363 e. The number of ketones is 1. The first kappa shape index (κ1) is 20.1. The number of nitrogens with one attached hydrogen (secondary N) is 2. The summed E-state index contributed by atoms with van der Waals surface area (Å²) in [6.07, 6.45) is 0.374. The second-order valence-corrected chi connectivity index (χ2v) is 7.19. The van der Waals surface area contributed by atoms with Crippen molar-refractivity contribution < 1.29 is 18.0 Å². The maximum Gasteiger partial charge on any atom is 0.264 e. The van der Waals surface area contributed by atoms with Gasteiger partial charge in [0.25, 0.3) is 5.92 Å². The van der Waals surface area contributed by atoms with Crippen LogP contribution in [0.5, 0.6) is 0 Å². The van der Waals surface area contributed by atoms with Gasteiger partial charge in [-0.05, 0) is 44.9 Å². The molecule has 4 N–H and O–H groups in total. The first-order chi connectivity index (χ1) is 13.2. The van der Waals surface area contributed by atoms with Gasteiger partial charge in [0.2, 0.25) is 0 Å². The van der Waals surface area contributed by atoms with Crippen LogP contribution in [0.15, 0.2) is 30.3 Å². The van der Waals surface area contributed by atoms with Gasteiger partial charge >= 0.3 is 0 Å². The molecule has 1 saturated carbocycles. The molecule has 1 aromatic heterocycles. The third-order valence-corrected chi connectivity index (χ3v) is 4.94. The van der Waals surface area contributed by atoms with E-state index in [1.54, 1.807) is 12.1 Å². The summed E-state index contributed by atoms with van der Waals surface area (Å²) >= 11 is 0. The third-order valence-electron chi connectivity index (χ3n) is 4.94. The van der Waals surface area contributed by atoms with Gasteiger partial charge in [-0.15, -0.1) is 0 Å². The highest BCUT2D eigenvalue weighted by Crippen LogP contribution is 2.34. The number of carbonyl (C=O) groups excluding carboxylic acids is 1. The van der Waals surface area contributed by atoms with Crippen molar-refractivity contribution in [1.82, 2.24) is 4.98 Å². The van der Waals surface area contributed by atoms with E-state index in [2.05, 4.69) is 15.6 Å². The minimum atomic E-state index is -3.02. The Morgan fingerprint density at radius 2 is 1.93 bits per heavy atom. The smallest absolute Gasteiger partial charge is 0.264 e. The van der Waals surface area contributed by atoms with E-state index in [9.17, 15) is 18.0 Å². The summed E-state index contributed by atoms with van der Waals surface area (Å²) in [5.74, 6) is -4.24. The molecule has 0 amide bonds. The number of rotatable bonds is 5. The molecule has 150 valence electrons. The number of hydrogen-bond donors (Lipinski definition) is 3. The van der Waals surface area contributed by atoms with Crippen molar-refractivity contribution in [2.75, 3.05) is 10.6 Å². The van der Waals surface area contributed by atoms with Crippen LogP contribution in [0, 0.1) is 12.7 Å². The fourth-order valence-electron chi connectivity index (χ4n) is 3.26. The normalized spacial score (nSPS) is 21.2. The van der Waals surface area contributed by atoms with E-state index in [-0.39, 0.29) is 35.8 Å². The zero-order chi connectivity index (χ0) is 20.5. The van der Waals surface area contributed by atoms with Gasteiger partial charge in [0.15, 0.2) is 17.4 Å². The molecular weight excluding hydrogens is 369 g/mol. The van der Waals surface area contributed by atoms with Crippen molar-refractivity contribution in [3.05, 3.63) is 47.3 Å². The summed E-state index contributed by atoms with van der Waals surface area (Å²) in [5, 5.41) is 5.71. The molecule has 1 heterocycles. The number of aromatic nitrogens is 1. The van der Waals surface area contributed by atoms with Gasteiger partial charge in [0.05, 0.1) is 11.6 Å². The number of hydrogen-bond acceptors (Lipinski definition) is 5. The Morgan fingerprint density at radius 1 is 1.25 bits per heavy atom. The second-order valence-electron chi connectivity index (χ2n) is 7.19. The molecular formula is C20H23F3N4O. The van der Waals surface area contributed by atoms with Gasteiger partial charge < -0.3 is 16.4 Å². The average molecular weight is 392 g/mol. The highest BCUT2D eigenvalue weighted by atomic mass is 19.3. The second kappa shape index (κ2) is 7.79. The molecule has 0 unspecified atom stereocenters. The number of anilines is 3. The predicted molar refractivity (Wildman–Crippen MR) is 103 cm³/mol. The van der Waals surface area contributed by atoms with Crippen LogP contribution in [0.1, 0.15) is 42.1 Å². The van der Waals surface area contributed by atoms with Crippen molar-refractivity contribution in [3.8, 4) is 0 Å². The summed E-state index contributed by atoms with van der Waals surface area (Å²) in [4.78, 5) is 16.1. The van der Waals surface area contributed by atoms with Gasteiger partial charge in [0, 0.05) is 18.2 Å². The Bertz CT molecular complexity index is 870. The lowest BCUT2D eigenvalue weighted by Gasteiger charge is -2.36. The summed E-state index contributed by atoms with van der Waals surface area (Å²) in [7, 11) is 0. The molecule has 1 aliphatic carbocycles. The van der Waals surface area contributed by atoms with Crippen molar-refractivity contribution in [2.24, 2.45) is 5.73 Å². The predicted octanol–water partition coefficient (Wildman–Crippen LogP) is 4.40. The highest BCUT2D eigenvalue weighted by molar-refractivity contribution is 5.99. The number of aryl methyl sites for hydroxylation is 1. The van der Waals surface area contributed by atoms with E-state index in [1.165, 1.54) is 6.92 Å². The van der Waals surface area contributed by atoms with Crippen molar-refractivity contribution in [1.29, 1.82) is 0 Å². The number of pyridine rings is 1. The maximum atomic E-state index is 14.5. The van der Waals surface area contributed by atoms with Gasteiger partial charge in [-0.2, -0.15) is 0 Å². The molecule has 1 aromatic carbocycles. The Hall–Kier alpha value is -2.61. The molecule has 5 nitrogen and oxygen atoms in total. The molecule has 3 rings (SSSR count). The molecule has 1 aliphatic rings. The van der Waals surface area contributed by atoms with E-state index in [0.29, 0.717) is 12.1 Å². The lowest BCUT2D eigenvalue weighted by Crippen LogP contribution is -2.55. The highest BCUT2D eigenvalue weighted by Gasteiger charge is 2.45. The molecule has 8 heteroatoms. The van der Waals surface area contributed by atoms with Crippen LogP contribution in [-0.4, -0.2) is 28.8 Å². The summed E-state index contributed by atoms with van der Waals surface area (Å²) in [5.41, 5.74) is 7.47. The van der Waals surface area contributed by atoms with E-state index >= 15 is 0 Å². The third kappa shape index (κ3) is 4.27. The summed E-state index contributed by atoms with van der Waals surface area (Å²) < 4.78 is 42.3. The zero-order valence-corrected chi connectivity index (χ0v) is 15.7. The molecule has 28 heavy (non-hydrogen) atoms. The average Bonchev–Trinajstić information content (AvgIpc) is 2.63. The van der Waals surface area contributed by atoms with Crippen LogP contribution in [0.2, 0.25) is 0 Å². The van der Waals surface area contributed by atoms with E-state index in [1.807, 2.05) is 19.1 Å². The van der Waals surface area contributed by atoms with E-state index in [4.69, 9.17) is 5.73 Å². The fraction of sp³-hybridized carbons (Fsp3) is 0.400. The summed E-state index contributed by atoms with van der Waals surface area (Å²) in [6, 6.07) is 6.15. The topological polar surface area (TPSA) is 80.0 Å². The minimum absolute atomic E-state index is 0.0712. The lowest BCUT2D eigenvalue weighted by atomic mass is 9.87. The Balaban J connectivity index is 1.91. The van der Waals surface area contributed by atoms with Gasteiger partial charge in [0.1, 0.15) is 5.82 Å². The van der Waals surface area contributed by atoms with Gasteiger partial charge in [-0.1, -0.05) is 17.7 Å². The standard InChI is InChI=1S/C20H23F3N4O/c1-11-5-7-13(8-6-11)25-18-14(12(2)28)10-15(21)19(27-18)26-16-4-3-9-20(22,23)17(16)24/h5-8,10,16-17H,3-4,9,24H2,1-2H3,(H2,25,26,27)/t16-,17-/m1/s1. The van der Waals surface area contributed by atoms with E-state index < -0.39 is 23.8 Å². The van der Waals surface area contributed by atoms with Crippen LogP contribution in [0.4, 0.5) is 30.5 Å². The first-order valence-corrected chi connectivity index (χ1v) is 9.12. The fourth-order valence-corrected chi connectivity index (χ4v) is 3.26. The van der Waals surface area contributed by atoms with Crippen LogP contribution < -0.4 is 16.4 Å². The molecule has 0 aliphatic heterocycles. The van der Waals surface area contributed by atoms with Crippen molar-refractivity contribution >= 4 is 23.1 Å². The molecule has 0 radical (unpaired) electrons. The monoisotopic (exact) mass is 392 g/mol. The van der Waals surface area contributed by atoms with Gasteiger partial charge in [-0.3, -0.25) is 4.79 Å². The Kier molecular flexibility index (Phi) is 5.60. The molecule has 1 fully saturated rings. The first-order valence-electron chi connectivity index (χ1n) is 9.12. The van der Waals surface area contributed by atoms with Gasteiger partial charge in [-0.25, -0.2) is 18.2 Å². The van der Waals surface area contributed by atoms with Crippen LogP contribution in [0.3, 0.4) is 0 Å². The van der Waals surface area contributed by atoms with Crippen LogP contribution >= 0.6 is 0 Å². The summed E-state index contributed by atoms with van der Waals surface area (Å²) in [6.45, 7) is 3.24. The molecule has 0 bridgehead atoms. The zero-order valence-electron chi connectivity index (χ0n) is 15.7. The van der Waals surface area contributed by atoms with Crippen LogP contribution in [0.25, 0.3) is 0 Å². The number of alkyl halides is 2. The van der Waals surface area contributed by atoms with Crippen molar-refractivity contribution in [2.45, 2.75) is 51.1 Å². The number of carbonyl (C=O) groups is 1. The Labute approximate surface area is 161 Å². The quantitative estimate of drug-likeness (QED) is 0.657. The number of halogens is 3. The number of benzene rings is 1. The molecule has 0 spiro atoms. The number of nitrogens with zero attached hydrogens (tertiary/aromatic N) is 1. The molecule has 0 saturated heterocycles. The number of Topliss-reactive ketones (excluding diaryl/α,β-unsaturated/α-hetero) is 1. The molecule has 2 atom stereocenters. The Morgan fingerprint density at radius 3 is 2.57 bits per heavy atom. The molecule has 2 aromatic rings. The van der Waals surface area contributed by atoms with Crippen molar-refractivity contribution in [3.63, 3.8) is 0 Å². The SMILES string of the molecule is CC(=O)c1cc(F)c(N[C@@H]2CCCC(F)(F)[C@@H]2N)nc1Nc1ccc(C)cc1. The lowest BCUT2D eigenvalue weighted by molar-refractivity contribution is -0.0555. The maximum absolute atomic E-state index is 14.5. The number of nitrogens with two attached hydrogens (primary N) is 1. The van der Waals surface area contributed by atoms with E-state index in [0.717, 1.165) is 11.6 Å².